The first kappa shape index (κ1) is 26.2. The Labute approximate surface area is 222 Å². The highest BCUT2D eigenvalue weighted by Gasteiger charge is 2.18. The molecular weight excluding hydrogens is 482 g/mol. The number of nitrogens with zero attached hydrogens (tertiary/aromatic N) is 2. The number of thioether (sulfide) groups is 1. The van der Waals surface area contributed by atoms with Gasteiger partial charge < -0.3 is 9.64 Å². The molecule has 3 aromatic carbocycles. The number of anilines is 2. The second-order valence-corrected chi connectivity index (χ2v) is 10.7. The lowest BCUT2D eigenvalue weighted by Gasteiger charge is -2.24. The van der Waals surface area contributed by atoms with Crippen LogP contribution in [-0.2, 0) is 21.8 Å². The maximum Gasteiger partial charge on any atom is 0.413 e. The Hall–Kier alpha value is -3.84. The Kier molecular flexibility index (Phi) is 8.14. The minimum atomic E-state index is -0.597. The number of hydrogen-bond acceptors (Lipinski definition) is 5. The van der Waals surface area contributed by atoms with Crippen molar-refractivity contribution in [3.05, 3.63) is 96.1 Å². The third kappa shape index (κ3) is 7.33. The van der Waals surface area contributed by atoms with E-state index in [1.807, 2.05) is 81.4 Å². The lowest BCUT2D eigenvalue weighted by molar-refractivity contribution is -0.116. The predicted molar refractivity (Wildman–Crippen MR) is 151 cm³/mol. The summed E-state index contributed by atoms with van der Waals surface area (Å²) >= 11 is 1.71. The maximum absolute atomic E-state index is 12.8. The molecule has 0 bridgehead atoms. The molecule has 1 aromatic heterocycles. The van der Waals surface area contributed by atoms with Crippen molar-refractivity contribution in [2.75, 3.05) is 10.2 Å². The van der Waals surface area contributed by atoms with Crippen molar-refractivity contribution in [1.82, 2.24) is 4.98 Å². The standard InChI is InChI=1S/C30H31N3O3S/c1-21(34)33(26-12-8-9-13-27(26)37-20-22-10-6-5-7-11-22)19-23-14-15-24-16-17-28(31-25(24)18-23)32-29(35)36-30(2,3)4/h5-18H,19-20H2,1-4H3,(H,31,32,35). The molecule has 0 aliphatic carbocycles. The molecule has 190 valence electrons. The zero-order valence-corrected chi connectivity index (χ0v) is 22.3. The molecule has 0 radical (unpaired) electrons. The van der Waals surface area contributed by atoms with Crippen LogP contribution in [0, 0.1) is 0 Å². The zero-order valence-electron chi connectivity index (χ0n) is 21.5. The van der Waals surface area contributed by atoms with Gasteiger partial charge >= 0.3 is 6.09 Å². The van der Waals surface area contributed by atoms with E-state index in [-0.39, 0.29) is 5.91 Å². The van der Waals surface area contributed by atoms with Crippen molar-refractivity contribution >= 4 is 46.2 Å². The Morgan fingerprint density at radius 2 is 1.62 bits per heavy atom. The summed E-state index contributed by atoms with van der Waals surface area (Å²) in [6.07, 6.45) is -0.553. The van der Waals surface area contributed by atoms with Crippen LogP contribution in [0.25, 0.3) is 10.9 Å². The third-order valence-corrected chi connectivity index (χ3v) is 6.63. The van der Waals surface area contributed by atoms with Crippen molar-refractivity contribution in [2.24, 2.45) is 0 Å². The van der Waals surface area contributed by atoms with Gasteiger partial charge in [-0.25, -0.2) is 9.78 Å². The smallest absolute Gasteiger partial charge is 0.413 e. The highest BCUT2D eigenvalue weighted by Crippen LogP contribution is 2.33. The summed E-state index contributed by atoms with van der Waals surface area (Å²) in [5.74, 6) is 1.18. The fourth-order valence-electron chi connectivity index (χ4n) is 3.83. The summed E-state index contributed by atoms with van der Waals surface area (Å²) in [4.78, 5) is 32.4. The van der Waals surface area contributed by atoms with Gasteiger partial charge in [0.1, 0.15) is 11.4 Å². The highest BCUT2D eigenvalue weighted by molar-refractivity contribution is 7.98. The number of carbonyl (C=O) groups excluding carboxylic acids is 2. The molecule has 7 heteroatoms. The molecule has 0 saturated carbocycles. The van der Waals surface area contributed by atoms with Gasteiger partial charge in [0.05, 0.1) is 17.7 Å². The number of pyridine rings is 1. The van der Waals surface area contributed by atoms with Gasteiger partial charge in [0.15, 0.2) is 0 Å². The van der Waals surface area contributed by atoms with Gasteiger partial charge in [-0.05, 0) is 62.2 Å². The first-order valence-electron chi connectivity index (χ1n) is 12.1. The molecule has 0 atom stereocenters. The van der Waals surface area contributed by atoms with Gasteiger partial charge in [0.25, 0.3) is 0 Å². The van der Waals surface area contributed by atoms with Gasteiger partial charge in [-0.2, -0.15) is 0 Å². The van der Waals surface area contributed by atoms with Crippen molar-refractivity contribution in [3.8, 4) is 0 Å². The summed E-state index contributed by atoms with van der Waals surface area (Å²) in [6.45, 7) is 7.42. The normalized spacial score (nSPS) is 11.2. The van der Waals surface area contributed by atoms with Crippen LogP contribution >= 0.6 is 11.8 Å². The van der Waals surface area contributed by atoms with Crippen molar-refractivity contribution in [3.63, 3.8) is 0 Å². The Balaban J connectivity index is 1.55. The molecule has 37 heavy (non-hydrogen) atoms. The quantitative estimate of drug-likeness (QED) is 0.260. The number of fused-ring (bicyclic) bond motifs is 1. The molecule has 4 rings (SSSR count). The number of rotatable bonds is 7. The van der Waals surface area contributed by atoms with Crippen LogP contribution in [0.15, 0.2) is 89.8 Å². The van der Waals surface area contributed by atoms with Crippen LogP contribution in [0.4, 0.5) is 16.3 Å². The van der Waals surface area contributed by atoms with Gasteiger partial charge in [-0.3, -0.25) is 10.1 Å². The van der Waals surface area contributed by atoms with Crippen LogP contribution in [0.2, 0.25) is 0 Å². The van der Waals surface area contributed by atoms with E-state index < -0.39 is 11.7 Å². The number of aromatic nitrogens is 1. The molecule has 0 spiro atoms. The molecular formula is C30H31N3O3S. The minimum absolute atomic E-state index is 0.0406. The molecule has 0 saturated heterocycles. The second-order valence-electron chi connectivity index (χ2n) is 9.70. The molecule has 0 aliphatic rings. The molecule has 0 aliphatic heterocycles. The lowest BCUT2D eigenvalue weighted by Crippen LogP contribution is -2.28. The molecule has 6 nitrogen and oxygen atoms in total. The third-order valence-electron chi connectivity index (χ3n) is 5.50. The first-order valence-corrected chi connectivity index (χ1v) is 13.1. The SMILES string of the molecule is CC(=O)N(Cc1ccc2ccc(NC(=O)OC(C)(C)C)nc2c1)c1ccccc1SCc1ccccc1. The van der Waals surface area contributed by atoms with Crippen LogP contribution in [0.5, 0.6) is 0 Å². The fourth-order valence-corrected chi connectivity index (χ4v) is 4.84. The van der Waals surface area contributed by atoms with Gasteiger partial charge in [0, 0.05) is 23.0 Å². The number of para-hydroxylation sites is 1. The first-order chi connectivity index (χ1) is 17.7. The predicted octanol–water partition coefficient (Wildman–Crippen LogP) is 7.43. The number of hydrogen-bond donors (Lipinski definition) is 1. The number of benzene rings is 3. The van der Waals surface area contributed by atoms with E-state index in [9.17, 15) is 9.59 Å². The Morgan fingerprint density at radius 1 is 0.919 bits per heavy atom. The zero-order chi connectivity index (χ0) is 26.4. The van der Waals surface area contributed by atoms with E-state index in [4.69, 9.17) is 4.74 Å². The van der Waals surface area contributed by atoms with E-state index in [0.717, 1.165) is 32.8 Å². The summed E-state index contributed by atoms with van der Waals surface area (Å²) < 4.78 is 5.33. The highest BCUT2D eigenvalue weighted by atomic mass is 32.2. The number of nitrogens with one attached hydrogen (secondary N) is 1. The maximum atomic E-state index is 12.8. The largest absolute Gasteiger partial charge is 0.444 e. The monoisotopic (exact) mass is 513 g/mol. The molecule has 1 N–H and O–H groups in total. The Bertz CT molecular complexity index is 1400. The van der Waals surface area contributed by atoms with Crippen LogP contribution in [0.1, 0.15) is 38.8 Å². The molecule has 2 amide bonds. The molecule has 0 fully saturated rings. The summed E-state index contributed by atoms with van der Waals surface area (Å²) in [6, 6.07) is 27.8. The van der Waals surface area contributed by atoms with Gasteiger partial charge in [0.2, 0.25) is 5.91 Å². The summed E-state index contributed by atoms with van der Waals surface area (Å²) in [7, 11) is 0. The molecule has 4 aromatic rings. The van der Waals surface area contributed by atoms with Gasteiger partial charge in [-0.15, -0.1) is 11.8 Å². The van der Waals surface area contributed by atoms with E-state index >= 15 is 0 Å². The summed E-state index contributed by atoms with van der Waals surface area (Å²) in [5, 5.41) is 3.63. The van der Waals surface area contributed by atoms with E-state index in [0.29, 0.717) is 12.4 Å². The number of carbonyl (C=O) groups is 2. The van der Waals surface area contributed by atoms with E-state index in [1.54, 1.807) is 29.7 Å². The van der Waals surface area contributed by atoms with Crippen LogP contribution in [0.3, 0.4) is 0 Å². The molecule has 1 heterocycles. The second kappa shape index (κ2) is 11.5. The van der Waals surface area contributed by atoms with Crippen LogP contribution < -0.4 is 10.2 Å². The van der Waals surface area contributed by atoms with Gasteiger partial charge in [-0.1, -0.05) is 54.6 Å². The topological polar surface area (TPSA) is 71.5 Å². The average Bonchev–Trinajstić information content (AvgIpc) is 2.85. The lowest BCUT2D eigenvalue weighted by atomic mass is 10.1. The van der Waals surface area contributed by atoms with Crippen LogP contribution in [-0.4, -0.2) is 22.6 Å². The van der Waals surface area contributed by atoms with Crippen molar-refractivity contribution in [1.29, 1.82) is 0 Å². The number of amides is 2. The fraction of sp³-hybridized carbons (Fsp3) is 0.233. The summed E-state index contributed by atoms with van der Waals surface area (Å²) in [5.41, 5.74) is 3.17. The number of ether oxygens (including phenoxy) is 1. The van der Waals surface area contributed by atoms with Crippen molar-refractivity contribution in [2.45, 2.75) is 50.5 Å². The van der Waals surface area contributed by atoms with E-state index in [1.165, 1.54) is 5.56 Å². The van der Waals surface area contributed by atoms with Crippen molar-refractivity contribution < 1.29 is 14.3 Å². The average molecular weight is 514 g/mol. The minimum Gasteiger partial charge on any atom is -0.444 e. The van der Waals surface area contributed by atoms with E-state index in [2.05, 4.69) is 28.5 Å². The Morgan fingerprint density at radius 3 is 2.35 bits per heavy atom. The molecule has 0 unspecified atom stereocenters.